The van der Waals surface area contributed by atoms with Crippen molar-refractivity contribution in [2.75, 3.05) is 16.4 Å². The predicted molar refractivity (Wildman–Crippen MR) is 96.2 cm³/mol. The molecule has 6 nitrogen and oxygen atoms in total. The van der Waals surface area contributed by atoms with Crippen LogP contribution in [0.1, 0.15) is 25.2 Å². The van der Waals surface area contributed by atoms with Gasteiger partial charge in [-0.15, -0.1) is 11.8 Å². The standard InChI is InChI=1S/C17H21N3O3S/c1-4-13-7-5-6-8-14(13)18-16(21)10-24-12(3)17(22)19-15-9-11(2)23-20-15/h5-9,12H,4,10H2,1-3H3,(H,18,21)(H,19,20,22)/t12-/m1/s1. The number of carbonyl (C=O) groups excluding carboxylic acids is 2. The van der Waals surface area contributed by atoms with Crippen LogP contribution in [0.4, 0.5) is 11.5 Å². The lowest BCUT2D eigenvalue weighted by Gasteiger charge is -2.12. The Balaban J connectivity index is 1.81. The van der Waals surface area contributed by atoms with Crippen LogP contribution in [0.5, 0.6) is 0 Å². The van der Waals surface area contributed by atoms with E-state index in [0.29, 0.717) is 11.6 Å². The van der Waals surface area contributed by atoms with Gasteiger partial charge in [-0.1, -0.05) is 30.3 Å². The maximum Gasteiger partial charge on any atom is 0.238 e. The quantitative estimate of drug-likeness (QED) is 0.803. The maximum atomic E-state index is 12.1. The number of hydrogen-bond acceptors (Lipinski definition) is 5. The van der Waals surface area contributed by atoms with E-state index < -0.39 is 0 Å². The van der Waals surface area contributed by atoms with Crippen molar-refractivity contribution in [3.8, 4) is 0 Å². The molecular formula is C17H21N3O3S. The minimum atomic E-state index is -0.380. The van der Waals surface area contributed by atoms with Crippen molar-refractivity contribution in [3.63, 3.8) is 0 Å². The van der Waals surface area contributed by atoms with Crippen molar-refractivity contribution in [1.29, 1.82) is 0 Å². The molecule has 1 aromatic heterocycles. The Hall–Kier alpha value is -2.28. The van der Waals surface area contributed by atoms with Crippen LogP contribution >= 0.6 is 11.8 Å². The third kappa shape index (κ3) is 5.13. The first-order valence-corrected chi connectivity index (χ1v) is 8.78. The molecule has 0 aliphatic heterocycles. The van der Waals surface area contributed by atoms with Gasteiger partial charge in [0, 0.05) is 11.8 Å². The van der Waals surface area contributed by atoms with Gasteiger partial charge >= 0.3 is 0 Å². The molecule has 0 bridgehead atoms. The summed E-state index contributed by atoms with van der Waals surface area (Å²) in [6.07, 6.45) is 0.847. The number of amides is 2. The van der Waals surface area contributed by atoms with E-state index in [1.165, 1.54) is 11.8 Å². The molecule has 2 N–H and O–H groups in total. The Kier molecular flexibility index (Phi) is 6.43. The first-order chi connectivity index (χ1) is 11.5. The third-order valence-electron chi connectivity index (χ3n) is 3.39. The smallest absolute Gasteiger partial charge is 0.238 e. The number of hydrogen-bond donors (Lipinski definition) is 2. The number of aryl methyl sites for hydroxylation is 2. The molecule has 2 rings (SSSR count). The predicted octanol–water partition coefficient (Wildman–Crippen LogP) is 3.24. The van der Waals surface area contributed by atoms with Crippen LogP contribution in [-0.4, -0.2) is 28.0 Å². The molecule has 1 heterocycles. The van der Waals surface area contributed by atoms with Gasteiger partial charge in [-0.2, -0.15) is 0 Å². The highest BCUT2D eigenvalue weighted by Crippen LogP contribution is 2.18. The fourth-order valence-electron chi connectivity index (χ4n) is 2.07. The number of nitrogens with one attached hydrogen (secondary N) is 2. The number of carbonyl (C=O) groups is 2. The van der Waals surface area contributed by atoms with Gasteiger partial charge in [0.2, 0.25) is 11.8 Å². The highest BCUT2D eigenvalue weighted by atomic mass is 32.2. The fraction of sp³-hybridized carbons (Fsp3) is 0.353. The largest absolute Gasteiger partial charge is 0.360 e. The molecule has 0 saturated carbocycles. The van der Waals surface area contributed by atoms with Crippen molar-refractivity contribution in [2.24, 2.45) is 0 Å². The number of rotatable bonds is 7. The average Bonchev–Trinajstić information content (AvgIpc) is 2.98. The van der Waals surface area contributed by atoms with Crippen LogP contribution in [0.2, 0.25) is 0 Å². The van der Waals surface area contributed by atoms with Gasteiger partial charge in [0.25, 0.3) is 0 Å². The topological polar surface area (TPSA) is 84.2 Å². The lowest BCUT2D eigenvalue weighted by Crippen LogP contribution is -2.25. The minimum Gasteiger partial charge on any atom is -0.360 e. The van der Waals surface area contributed by atoms with Gasteiger partial charge in [0.15, 0.2) is 5.82 Å². The van der Waals surface area contributed by atoms with E-state index in [-0.39, 0.29) is 22.8 Å². The van der Waals surface area contributed by atoms with Crippen molar-refractivity contribution in [1.82, 2.24) is 5.16 Å². The Labute approximate surface area is 145 Å². The molecule has 1 atom stereocenters. The van der Waals surface area contributed by atoms with E-state index in [1.54, 1.807) is 19.9 Å². The summed E-state index contributed by atoms with van der Waals surface area (Å²) in [4.78, 5) is 24.1. The molecule has 0 radical (unpaired) electrons. The summed E-state index contributed by atoms with van der Waals surface area (Å²) in [5, 5.41) is 8.88. The highest BCUT2D eigenvalue weighted by molar-refractivity contribution is 8.01. The molecular weight excluding hydrogens is 326 g/mol. The molecule has 0 aliphatic carbocycles. The second kappa shape index (κ2) is 8.54. The van der Waals surface area contributed by atoms with E-state index in [4.69, 9.17) is 4.52 Å². The number of anilines is 2. The number of thioether (sulfide) groups is 1. The van der Waals surface area contributed by atoms with Crippen molar-refractivity contribution in [3.05, 3.63) is 41.7 Å². The molecule has 0 fully saturated rings. The Morgan fingerprint density at radius 2 is 2.04 bits per heavy atom. The summed E-state index contributed by atoms with van der Waals surface area (Å²) in [6, 6.07) is 9.34. The molecule has 0 aliphatic rings. The maximum absolute atomic E-state index is 12.1. The van der Waals surface area contributed by atoms with Crippen LogP contribution in [0, 0.1) is 6.92 Å². The van der Waals surface area contributed by atoms with Gasteiger partial charge in [-0.25, -0.2) is 0 Å². The lowest BCUT2D eigenvalue weighted by atomic mass is 10.1. The lowest BCUT2D eigenvalue weighted by molar-refractivity contribution is -0.115. The second-order valence-corrected chi connectivity index (χ2v) is 6.65. The van der Waals surface area contributed by atoms with Gasteiger partial charge in [0.1, 0.15) is 5.76 Å². The molecule has 1 aromatic carbocycles. The number of para-hydroxylation sites is 1. The molecule has 7 heteroatoms. The third-order valence-corrected chi connectivity index (χ3v) is 4.53. The van der Waals surface area contributed by atoms with E-state index in [9.17, 15) is 9.59 Å². The van der Waals surface area contributed by atoms with Crippen molar-refractivity contribution >= 4 is 35.1 Å². The summed E-state index contributed by atoms with van der Waals surface area (Å²) in [6.45, 7) is 5.54. The monoisotopic (exact) mass is 347 g/mol. The van der Waals surface area contributed by atoms with Gasteiger partial charge in [-0.3, -0.25) is 9.59 Å². The molecule has 2 aromatic rings. The SMILES string of the molecule is CCc1ccccc1NC(=O)CS[C@H](C)C(=O)Nc1cc(C)on1. The fourth-order valence-corrected chi connectivity index (χ4v) is 2.75. The minimum absolute atomic E-state index is 0.127. The molecule has 2 amide bonds. The zero-order valence-corrected chi connectivity index (χ0v) is 14.8. The Morgan fingerprint density at radius 3 is 2.71 bits per heavy atom. The Bertz CT molecular complexity index is 715. The van der Waals surface area contributed by atoms with Gasteiger partial charge in [-0.05, 0) is 31.9 Å². The zero-order valence-electron chi connectivity index (χ0n) is 14.0. The van der Waals surface area contributed by atoms with Crippen molar-refractivity contribution < 1.29 is 14.1 Å². The van der Waals surface area contributed by atoms with Crippen LogP contribution in [0.25, 0.3) is 0 Å². The van der Waals surface area contributed by atoms with Gasteiger partial charge < -0.3 is 15.2 Å². The molecule has 0 unspecified atom stereocenters. The molecule has 128 valence electrons. The number of benzene rings is 1. The average molecular weight is 347 g/mol. The summed E-state index contributed by atoms with van der Waals surface area (Å²) in [7, 11) is 0. The van der Waals surface area contributed by atoms with Crippen LogP contribution < -0.4 is 10.6 Å². The van der Waals surface area contributed by atoms with Crippen molar-refractivity contribution in [2.45, 2.75) is 32.4 Å². The Morgan fingerprint density at radius 1 is 1.29 bits per heavy atom. The highest BCUT2D eigenvalue weighted by Gasteiger charge is 2.17. The molecule has 24 heavy (non-hydrogen) atoms. The molecule has 0 spiro atoms. The number of aromatic nitrogens is 1. The summed E-state index contributed by atoms with van der Waals surface area (Å²) >= 11 is 1.27. The van der Waals surface area contributed by atoms with Crippen LogP contribution in [0.15, 0.2) is 34.9 Å². The summed E-state index contributed by atoms with van der Waals surface area (Å²) in [5.41, 5.74) is 1.91. The first-order valence-electron chi connectivity index (χ1n) is 7.73. The van der Waals surface area contributed by atoms with E-state index in [2.05, 4.69) is 15.8 Å². The van der Waals surface area contributed by atoms with Crippen LogP contribution in [0.3, 0.4) is 0 Å². The van der Waals surface area contributed by atoms with Gasteiger partial charge in [0.05, 0.1) is 11.0 Å². The number of nitrogens with zero attached hydrogens (tertiary/aromatic N) is 1. The normalized spacial score (nSPS) is 11.8. The zero-order chi connectivity index (χ0) is 17.5. The van der Waals surface area contributed by atoms with Crippen LogP contribution in [-0.2, 0) is 16.0 Å². The first kappa shape index (κ1) is 18.1. The molecule has 0 saturated heterocycles. The van der Waals surface area contributed by atoms with E-state index in [0.717, 1.165) is 17.7 Å². The summed E-state index contributed by atoms with van der Waals surface area (Å²) < 4.78 is 4.90. The van der Waals surface area contributed by atoms with E-state index in [1.807, 2.05) is 31.2 Å². The second-order valence-electron chi connectivity index (χ2n) is 5.32. The summed E-state index contributed by atoms with van der Waals surface area (Å²) in [5.74, 6) is 0.864. The van der Waals surface area contributed by atoms with E-state index >= 15 is 0 Å².